The molecule has 1 aliphatic carbocycles. The van der Waals surface area contributed by atoms with Crippen molar-refractivity contribution in [2.24, 2.45) is 0 Å². The molecule has 1 aliphatic rings. The number of hydrogen-bond donors (Lipinski definition) is 2. The van der Waals surface area contributed by atoms with E-state index in [0.717, 1.165) is 19.8 Å². The van der Waals surface area contributed by atoms with Crippen LogP contribution in [0, 0.1) is 17.7 Å². The third-order valence-electron chi connectivity index (χ3n) is 5.13. The van der Waals surface area contributed by atoms with Crippen molar-refractivity contribution in [1.29, 1.82) is 4.78 Å². The Morgan fingerprint density at radius 2 is 1.94 bits per heavy atom. The van der Waals surface area contributed by atoms with Crippen LogP contribution in [0.1, 0.15) is 46.1 Å². The number of aromatic nitrogens is 4. The van der Waals surface area contributed by atoms with Gasteiger partial charge in [0.1, 0.15) is 5.56 Å². The molecule has 4 rings (SSSR count). The van der Waals surface area contributed by atoms with Gasteiger partial charge in [0.25, 0.3) is 23.6 Å². The Bertz CT molecular complexity index is 1430. The summed E-state index contributed by atoms with van der Waals surface area (Å²) in [7, 11) is -3.12. The van der Waals surface area contributed by atoms with Gasteiger partial charge in [-0.05, 0) is 43.5 Å². The molecule has 1 aromatic carbocycles. The van der Waals surface area contributed by atoms with Crippen LogP contribution in [0.4, 0.5) is 23.2 Å². The molecule has 1 amide bonds. The Hall–Kier alpha value is -3.68. The zero-order chi connectivity index (χ0) is 25.5. The number of carbonyl (C=O) groups excluding carboxylic acids is 1. The van der Waals surface area contributed by atoms with Gasteiger partial charge in [0.2, 0.25) is 0 Å². The highest BCUT2D eigenvalue weighted by Gasteiger charge is 2.38. The first-order valence-electron chi connectivity index (χ1n) is 10.1. The number of carbonyl (C=O) groups is 1. The number of rotatable bonds is 6. The predicted molar refractivity (Wildman–Crippen MR) is 115 cm³/mol. The van der Waals surface area contributed by atoms with Gasteiger partial charge < -0.3 is 10.1 Å². The van der Waals surface area contributed by atoms with Crippen molar-refractivity contribution in [3.05, 3.63) is 58.9 Å². The highest BCUT2D eigenvalue weighted by molar-refractivity contribution is 7.91. The van der Waals surface area contributed by atoms with Crippen molar-refractivity contribution < 1.29 is 31.3 Å². The summed E-state index contributed by atoms with van der Waals surface area (Å²) in [6.45, 7) is 0.997. The zero-order valence-electron chi connectivity index (χ0n) is 18.3. The van der Waals surface area contributed by atoms with Crippen LogP contribution in [0.25, 0.3) is 0 Å². The Kier molecular flexibility index (Phi) is 6.17. The van der Waals surface area contributed by atoms with Crippen molar-refractivity contribution in [3.63, 3.8) is 0 Å². The molecular formula is C21H18F4N6O3S. The monoisotopic (exact) mass is 510 g/mol. The first kappa shape index (κ1) is 24.4. The van der Waals surface area contributed by atoms with Gasteiger partial charge in [0, 0.05) is 22.8 Å². The molecule has 2 heterocycles. The maximum atomic E-state index is 14.5. The van der Waals surface area contributed by atoms with Gasteiger partial charge in [0.05, 0.1) is 21.6 Å². The second-order valence-electron chi connectivity index (χ2n) is 7.94. The number of halogens is 4. The summed E-state index contributed by atoms with van der Waals surface area (Å²) < 4.78 is 79.7. The van der Waals surface area contributed by atoms with E-state index in [-0.39, 0.29) is 16.5 Å². The van der Waals surface area contributed by atoms with Crippen molar-refractivity contribution in [2.75, 3.05) is 11.6 Å². The lowest BCUT2D eigenvalue weighted by atomic mass is 10.1. The maximum Gasteiger partial charge on any atom is 0.435 e. The zero-order valence-corrected chi connectivity index (χ0v) is 19.1. The molecule has 0 bridgehead atoms. The minimum Gasteiger partial charge on any atom is -0.414 e. The number of benzene rings is 1. The second kappa shape index (κ2) is 8.83. The number of alkyl halides is 3. The predicted octanol–water partition coefficient (Wildman–Crippen LogP) is 4.69. The van der Waals surface area contributed by atoms with Crippen molar-refractivity contribution in [2.45, 2.75) is 36.8 Å². The molecule has 1 saturated carbocycles. The van der Waals surface area contributed by atoms with Gasteiger partial charge in [-0.15, -0.1) is 10.2 Å². The summed E-state index contributed by atoms with van der Waals surface area (Å²) in [6.07, 6.45) is -0.779. The quantitative estimate of drug-likeness (QED) is 0.460. The number of hydrogen-bond acceptors (Lipinski definition) is 8. The number of nitrogens with one attached hydrogen (secondary N) is 2. The molecule has 0 spiro atoms. The van der Waals surface area contributed by atoms with E-state index in [1.807, 2.05) is 0 Å². The fourth-order valence-electron chi connectivity index (χ4n) is 3.22. The SMILES string of the molecule is Cc1c(C(F)(F)F)nnc(Oc2ncc(C3CC3)nc2F)c1C(=O)Nc1cccc(S(C)(=N)=O)c1. The molecular weight excluding hydrogens is 492 g/mol. The molecule has 0 radical (unpaired) electrons. The molecule has 1 unspecified atom stereocenters. The normalized spacial score (nSPS) is 15.4. The van der Waals surface area contributed by atoms with Gasteiger partial charge >= 0.3 is 6.18 Å². The van der Waals surface area contributed by atoms with Crippen LogP contribution in [-0.4, -0.2) is 36.5 Å². The minimum absolute atomic E-state index is 0.0600. The fraction of sp³-hybridized carbons (Fsp3) is 0.286. The smallest absolute Gasteiger partial charge is 0.414 e. The standard InChI is InChI=1S/C21H18F4N6O3S/c1-10-15(18(32)28-12-4-3-5-13(8-12)35(2,26)33)19(31-30-16(10)21(23,24)25)34-20-17(22)29-14(9-27-20)11-6-7-11/h3-5,8-9,11,26H,6-7H2,1-2H3,(H,28,32). The van der Waals surface area contributed by atoms with Crippen LogP contribution in [0.3, 0.4) is 0 Å². The van der Waals surface area contributed by atoms with Gasteiger partial charge in [-0.2, -0.15) is 17.6 Å². The summed E-state index contributed by atoms with van der Waals surface area (Å²) in [6, 6.07) is 5.48. The van der Waals surface area contributed by atoms with E-state index >= 15 is 0 Å². The second-order valence-corrected chi connectivity index (χ2v) is 10.1. The molecule has 2 N–H and O–H groups in total. The highest BCUT2D eigenvalue weighted by Crippen LogP contribution is 2.39. The first-order chi connectivity index (χ1) is 16.3. The van der Waals surface area contributed by atoms with Crippen LogP contribution in [-0.2, 0) is 15.9 Å². The molecule has 0 aliphatic heterocycles. The lowest BCUT2D eigenvalue weighted by Gasteiger charge is -2.16. The van der Waals surface area contributed by atoms with Crippen molar-refractivity contribution in [1.82, 2.24) is 20.2 Å². The number of ether oxygens (including phenoxy) is 1. The van der Waals surface area contributed by atoms with Crippen LogP contribution in [0.15, 0.2) is 35.4 Å². The van der Waals surface area contributed by atoms with E-state index in [9.17, 15) is 26.6 Å². The molecule has 35 heavy (non-hydrogen) atoms. The van der Waals surface area contributed by atoms with Crippen molar-refractivity contribution in [3.8, 4) is 11.8 Å². The van der Waals surface area contributed by atoms with Crippen LogP contribution in [0.2, 0.25) is 0 Å². The Morgan fingerprint density at radius 3 is 2.54 bits per heavy atom. The molecule has 9 nitrogen and oxygen atoms in total. The lowest BCUT2D eigenvalue weighted by Crippen LogP contribution is -2.21. The first-order valence-corrected chi connectivity index (χ1v) is 12.1. The molecule has 1 atom stereocenters. The fourth-order valence-corrected chi connectivity index (χ4v) is 3.91. The van der Waals surface area contributed by atoms with E-state index in [1.165, 1.54) is 36.7 Å². The van der Waals surface area contributed by atoms with Gasteiger partial charge in [-0.1, -0.05) is 6.07 Å². The molecule has 184 valence electrons. The van der Waals surface area contributed by atoms with E-state index in [0.29, 0.717) is 5.69 Å². The highest BCUT2D eigenvalue weighted by atomic mass is 32.2. The third kappa shape index (κ3) is 5.37. The average Bonchev–Trinajstić information content (AvgIpc) is 3.59. The van der Waals surface area contributed by atoms with Crippen LogP contribution >= 0.6 is 0 Å². The number of anilines is 1. The molecule has 2 aromatic heterocycles. The average molecular weight is 510 g/mol. The number of nitrogens with zero attached hydrogens (tertiary/aromatic N) is 4. The van der Waals surface area contributed by atoms with E-state index in [2.05, 4.69) is 25.5 Å². The van der Waals surface area contributed by atoms with E-state index in [4.69, 9.17) is 9.52 Å². The summed E-state index contributed by atoms with van der Waals surface area (Å²) in [5, 5.41) is 8.85. The van der Waals surface area contributed by atoms with Crippen molar-refractivity contribution >= 4 is 21.3 Å². The van der Waals surface area contributed by atoms with Gasteiger partial charge in [-0.25, -0.2) is 19.0 Å². The molecule has 3 aromatic rings. The maximum absolute atomic E-state index is 14.5. The van der Waals surface area contributed by atoms with Crippen LogP contribution < -0.4 is 10.1 Å². The summed E-state index contributed by atoms with van der Waals surface area (Å²) in [5.41, 5.74) is -2.22. The topological polar surface area (TPSA) is 131 Å². The molecule has 0 saturated heterocycles. The largest absolute Gasteiger partial charge is 0.435 e. The van der Waals surface area contributed by atoms with E-state index in [1.54, 1.807) is 0 Å². The minimum atomic E-state index is -4.93. The third-order valence-corrected chi connectivity index (χ3v) is 6.28. The summed E-state index contributed by atoms with van der Waals surface area (Å²) in [5.74, 6) is -3.49. The lowest BCUT2D eigenvalue weighted by molar-refractivity contribution is -0.142. The molecule has 14 heteroatoms. The Morgan fingerprint density at radius 1 is 1.23 bits per heavy atom. The Labute approximate surface area is 196 Å². The summed E-state index contributed by atoms with van der Waals surface area (Å²) >= 11 is 0. The summed E-state index contributed by atoms with van der Waals surface area (Å²) in [4.78, 5) is 20.7. The molecule has 1 fully saturated rings. The van der Waals surface area contributed by atoms with Gasteiger partial charge in [0.15, 0.2) is 5.69 Å². The van der Waals surface area contributed by atoms with E-state index < -0.39 is 56.3 Å². The van der Waals surface area contributed by atoms with Crippen LogP contribution in [0.5, 0.6) is 11.8 Å². The Balaban J connectivity index is 1.73. The number of amides is 1. The van der Waals surface area contributed by atoms with Gasteiger partial charge in [-0.3, -0.25) is 4.79 Å².